The van der Waals surface area contributed by atoms with Crippen LogP contribution in [-0.2, 0) is 33.4 Å². The molecule has 0 spiro atoms. The number of nitrogens with one attached hydrogen (secondary N) is 5. The van der Waals surface area contributed by atoms with Gasteiger partial charge in [-0.25, -0.2) is 23.6 Å². The molecule has 3 heterocycles. The van der Waals surface area contributed by atoms with Gasteiger partial charge in [0.2, 0.25) is 17.7 Å². The number of aliphatic hydroxyl groups excluding tert-OH is 1. The van der Waals surface area contributed by atoms with Gasteiger partial charge in [0.05, 0.1) is 104 Å². The molecule has 1 saturated heterocycles. The van der Waals surface area contributed by atoms with E-state index in [4.69, 9.17) is 23.6 Å². The maximum Gasteiger partial charge on any atom is 0.277 e. The van der Waals surface area contributed by atoms with Gasteiger partial charge in [0, 0.05) is 35.7 Å². The fourth-order valence-electron chi connectivity index (χ4n) is 8.08. The Kier molecular flexibility index (Phi) is 22.6. The van der Waals surface area contributed by atoms with E-state index in [1.54, 1.807) is 24.6 Å². The van der Waals surface area contributed by atoms with Crippen LogP contribution in [0.15, 0.2) is 70.7 Å². The molecule has 0 aliphatic carbocycles. The molecule has 4 atom stereocenters. The summed E-state index contributed by atoms with van der Waals surface area (Å²) in [6.45, 7) is 10.8. The van der Waals surface area contributed by atoms with E-state index in [0.717, 1.165) is 28.3 Å². The molecule has 400 valence electrons. The average molecular weight is 1160 g/mol. The Balaban J connectivity index is 0.843. The highest BCUT2D eigenvalue weighted by atomic mass is 127. The normalized spacial score (nSPS) is 15.3. The van der Waals surface area contributed by atoms with Crippen LogP contribution in [0, 0.1) is 40.8 Å². The van der Waals surface area contributed by atoms with Crippen molar-refractivity contribution in [1.29, 1.82) is 0 Å². The van der Waals surface area contributed by atoms with Crippen LogP contribution in [0.1, 0.15) is 78.1 Å². The number of anilines is 2. The van der Waals surface area contributed by atoms with Crippen molar-refractivity contribution >= 4 is 68.9 Å². The summed E-state index contributed by atoms with van der Waals surface area (Å²) in [5, 5.41) is 26.2. The Morgan fingerprint density at radius 3 is 2.27 bits per heavy atom. The molecule has 0 saturated carbocycles. The van der Waals surface area contributed by atoms with Crippen LogP contribution in [0.5, 0.6) is 0 Å². The SMILES string of the molecule is Cc1cc([C@H](C(=O)N2C[C@H](O)C[C@H]2C(=O)N[C@@H](CC(=O)NCCOCCOCCOCCNCCCONC(=O)c2ccc(F)c(F)c2Nc2ccc(I)cc2F)c2ccc(-c3scnc3C)cc2)C(C)C)on1. The first-order valence-electron chi connectivity index (χ1n) is 24.2. The molecule has 0 unspecified atom stereocenters. The van der Waals surface area contributed by atoms with Gasteiger partial charge in [-0.05, 0) is 96.8 Å². The molecule has 1 fully saturated rings. The number of hydrogen-bond acceptors (Lipinski definition) is 15. The number of rotatable bonds is 29. The van der Waals surface area contributed by atoms with E-state index in [0.29, 0.717) is 66.5 Å². The Morgan fingerprint density at radius 1 is 0.892 bits per heavy atom. The zero-order valence-corrected chi connectivity index (χ0v) is 44.5. The second-order valence-electron chi connectivity index (χ2n) is 17.7. The number of carbonyl (C=O) groups excluding carboxylic acids is 4. The second kappa shape index (κ2) is 28.9. The van der Waals surface area contributed by atoms with E-state index in [-0.39, 0.29) is 74.7 Å². The minimum absolute atomic E-state index is 0.0247. The molecule has 1 aliphatic heterocycles. The van der Waals surface area contributed by atoms with E-state index in [1.807, 2.05) is 67.6 Å². The summed E-state index contributed by atoms with van der Waals surface area (Å²) < 4.78 is 65.9. The number of aryl methyl sites for hydroxylation is 2. The topological polar surface area (TPSA) is 228 Å². The van der Waals surface area contributed by atoms with Gasteiger partial charge in [0.25, 0.3) is 5.91 Å². The van der Waals surface area contributed by atoms with E-state index in [9.17, 15) is 37.5 Å². The number of aromatic nitrogens is 2. The van der Waals surface area contributed by atoms with Gasteiger partial charge >= 0.3 is 0 Å². The first-order chi connectivity index (χ1) is 35.6. The van der Waals surface area contributed by atoms with Crippen LogP contribution in [0.25, 0.3) is 10.4 Å². The van der Waals surface area contributed by atoms with E-state index in [1.165, 1.54) is 28.4 Å². The van der Waals surface area contributed by atoms with Crippen molar-refractivity contribution in [2.75, 3.05) is 77.7 Å². The Morgan fingerprint density at radius 2 is 1.61 bits per heavy atom. The summed E-state index contributed by atoms with van der Waals surface area (Å²) in [7, 11) is 0. The molecule has 0 radical (unpaired) electrons. The Hall–Kier alpha value is -5.54. The van der Waals surface area contributed by atoms with Crippen LogP contribution in [-0.4, -0.2) is 128 Å². The highest BCUT2D eigenvalue weighted by molar-refractivity contribution is 14.1. The van der Waals surface area contributed by atoms with Crippen LogP contribution in [0.3, 0.4) is 0 Å². The number of hydrogen-bond donors (Lipinski definition) is 6. The van der Waals surface area contributed by atoms with Gasteiger partial charge in [-0.15, -0.1) is 11.3 Å². The van der Waals surface area contributed by atoms with Gasteiger partial charge in [-0.3, -0.25) is 24.0 Å². The fraction of sp³-hybridized carbons (Fsp3) is 0.451. The van der Waals surface area contributed by atoms with Gasteiger partial charge in [0.1, 0.15) is 23.5 Å². The lowest BCUT2D eigenvalue weighted by Gasteiger charge is -2.30. The van der Waals surface area contributed by atoms with Crippen molar-refractivity contribution in [1.82, 2.24) is 36.5 Å². The summed E-state index contributed by atoms with van der Waals surface area (Å²) in [5.41, 5.74) is 6.20. The number of halogens is 4. The third-order valence-electron chi connectivity index (χ3n) is 11.8. The number of benzene rings is 3. The number of nitrogens with zero attached hydrogens (tertiary/aromatic N) is 3. The second-order valence-corrected chi connectivity index (χ2v) is 19.8. The van der Waals surface area contributed by atoms with Crippen molar-refractivity contribution in [2.24, 2.45) is 5.92 Å². The Bertz CT molecular complexity index is 2640. The predicted molar refractivity (Wildman–Crippen MR) is 278 cm³/mol. The number of hydroxylamine groups is 1. The van der Waals surface area contributed by atoms with Crippen LogP contribution in [0.4, 0.5) is 24.5 Å². The van der Waals surface area contributed by atoms with Gasteiger partial charge in [-0.2, -0.15) is 0 Å². The van der Waals surface area contributed by atoms with Gasteiger partial charge < -0.3 is 50.0 Å². The smallest absolute Gasteiger partial charge is 0.277 e. The maximum absolute atomic E-state index is 14.7. The first-order valence-corrected chi connectivity index (χ1v) is 26.1. The molecule has 2 aromatic heterocycles. The maximum atomic E-state index is 14.7. The molecule has 18 nitrogen and oxygen atoms in total. The standard InChI is InChI=1S/C51H62F3IN8O10S/c1-30(2)45(43-24-31(3)61-73-43)51(68)63-28-36(64)26-42(63)50(67)60-41(33-6-8-34(9-7-33)48-32(4)58-29-74-48)27-44(65)57-16-19-70-21-23-71-22-20-69-18-15-56-14-5-17-72-62-49(66)37-11-12-38(52)46(54)47(37)59-40-13-10-35(55)25-39(40)53/h6-13,24-25,29-30,36,41-42,45,56,59,64H,5,14-23,26-28H2,1-4H3,(H,57,65)(H,60,67)(H,62,66)/t36-,41+,42+,45-/m1/s1. The number of β-amino-alcohol motifs (C(OH)–C–C–N with tert-alkyl or cyclic N) is 1. The lowest BCUT2D eigenvalue weighted by atomic mass is 9.91. The molecule has 0 bridgehead atoms. The molecule has 6 N–H and O–H groups in total. The predicted octanol–water partition coefficient (Wildman–Crippen LogP) is 6.64. The average Bonchev–Trinajstić information content (AvgIpc) is 4.12. The molecule has 74 heavy (non-hydrogen) atoms. The van der Waals surface area contributed by atoms with Crippen LogP contribution < -0.4 is 26.7 Å². The fourth-order valence-corrected chi connectivity index (χ4v) is 9.34. The molecule has 23 heteroatoms. The third kappa shape index (κ3) is 16.7. The van der Waals surface area contributed by atoms with E-state index in [2.05, 4.69) is 36.9 Å². The number of ether oxygens (including phenoxy) is 3. The number of thiazole rings is 1. The van der Waals surface area contributed by atoms with Crippen LogP contribution >= 0.6 is 33.9 Å². The highest BCUT2D eigenvalue weighted by Crippen LogP contribution is 2.33. The molecular weight excluding hydrogens is 1100 g/mol. The van der Waals surface area contributed by atoms with Crippen molar-refractivity contribution in [3.8, 4) is 10.4 Å². The van der Waals surface area contributed by atoms with E-state index < -0.39 is 59.1 Å². The number of aliphatic hydroxyl groups is 1. The highest BCUT2D eigenvalue weighted by Gasteiger charge is 2.44. The van der Waals surface area contributed by atoms with Crippen molar-refractivity contribution in [3.05, 3.63) is 115 Å². The summed E-state index contributed by atoms with van der Waals surface area (Å²) in [6, 6.07) is 13.5. The minimum Gasteiger partial charge on any atom is -0.391 e. The zero-order chi connectivity index (χ0) is 53.1. The van der Waals surface area contributed by atoms with Gasteiger partial charge in [0.15, 0.2) is 11.6 Å². The largest absolute Gasteiger partial charge is 0.391 e. The quantitative estimate of drug-likeness (QED) is 0.0168. The molecule has 6 rings (SSSR count). The number of likely N-dealkylation sites (tertiary alicyclic amines) is 1. The third-order valence-corrected chi connectivity index (χ3v) is 13.5. The van der Waals surface area contributed by atoms with Crippen molar-refractivity contribution in [2.45, 2.75) is 71.1 Å². The monoisotopic (exact) mass is 1160 g/mol. The minimum atomic E-state index is -1.34. The number of carbonyl (C=O) groups is 4. The lowest BCUT2D eigenvalue weighted by Crippen LogP contribution is -2.49. The number of amides is 4. The summed E-state index contributed by atoms with van der Waals surface area (Å²) >= 11 is 3.43. The molecule has 5 aromatic rings. The summed E-state index contributed by atoms with van der Waals surface area (Å²) in [5.74, 6) is -5.75. The molecule has 3 aromatic carbocycles. The molecule has 1 aliphatic rings. The van der Waals surface area contributed by atoms with Gasteiger partial charge in [-0.1, -0.05) is 43.3 Å². The summed E-state index contributed by atoms with van der Waals surface area (Å²) in [4.78, 5) is 66.1. The zero-order valence-electron chi connectivity index (χ0n) is 41.5. The van der Waals surface area contributed by atoms with Crippen molar-refractivity contribution < 1.29 is 61.0 Å². The first kappa shape index (κ1) is 57.7. The summed E-state index contributed by atoms with van der Waals surface area (Å²) in [6.07, 6.45) is -0.471. The molecule has 4 amide bonds. The Labute approximate surface area is 444 Å². The molecular formula is C51H62F3IN8O10S. The van der Waals surface area contributed by atoms with E-state index >= 15 is 0 Å². The van der Waals surface area contributed by atoms with Crippen LogP contribution in [0.2, 0.25) is 0 Å². The lowest BCUT2D eigenvalue weighted by molar-refractivity contribution is -0.141. The van der Waals surface area contributed by atoms with Crippen molar-refractivity contribution in [3.63, 3.8) is 0 Å².